The first-order chi connectivity index (χ1) is 10.7. The molecule has 0 saturated carbocycles. The summed E-state index contributed by atoms with van der Waals surface area (Å²) in [5.74, 6) is 0.140. The third kappa shape index (κ3) is 2.17. The molecule has 0 radical (unpaired) electrons. The minimum Gasteiger partial charge on any atom is -0.384 e. The Kier molecular flexibility index (Phi) is 3.13. The zero-order valence-corrected chi connectivity index (χ0v) is 12.7. The van der Waals surface area contributed by atoms with E-state index in [-0.39, 0.29) is 11.9 Å². The third-order valence-electron chi connectivity index (χ3n) is 4.69. The van der Waals surface area contributed by atoms with Gasteiger partial charge in [-0.05, 0) is 43.0 Å². The maximum atomic E-state index is 12.9. The Balaban J connectivity index is 1.61. The van der Waals surface area contributed by atoms with Crippen LogP contribution in [0.25, 0.3) is 0 Å². The number of anilines is 1. The fourth-order valence-electron chi connectivity index (χ4n) is 3.57. The van der Waals surface area contributed by atoms with Crippen LogP contribution in [-0.2, 0) is 13.5 Å². The number of carbonyl (C=O) groups is 1. The van der Waals surface area contributed by atoms with Gasteiger partial charge in [-0.3, -0.25) is 9.48 Å². The average molecular weight is 296 g/mol. The molecule has 22 heavy (non-hydrogen) atoms. The standard InChI is InChI=1S/C17H20N4O/c1-20-11-14(10-19-20)16-3-2-8-21(16)17(22)13-4-5-15-12(9-13)6-7-18-15/h4-5,9-11,16,18H,2-3,6-8H2,1H3. The van der Waals surface area contributed by atoms with Gasteiger partial charge in [0.05, 0.1) is 12.2 Å². The molecule has 2 aliphatic heterocycles. The number of carbonyl (C=O) groups excluding carboxylic acids is 1. The van der Waals surface area contributed by atoms with Crippen molar-refractivity contribution in [2.45, 2.75) is 25.3 Å². The highest BCUT2D eigenvalue weighted by molar-refractivity contribution is 5.95. The molecule has 1 fully saturated rings. The molecule has 1 saturated heterocycles. The first-order valence-electron chi connectivity index (χ1n) is 7.89. The van der Waals surface area contributed by atoms with Crippen molar-refractivity contribution >= 4 is 11.6 Å². The van der Waals surface area contributed by atoms with Gasteiger partial charge in [-0.15, -0.1) is 0 Å². The summed E-state index contributed by atoms with van der Waals surface area (Å²) in [4.78, 5) is 14.9. The topological polar surface area (TPSA) is 50.2 Å². The summed E-state index contributed by atoms with van der Waals surface area (Å²) in [5, 5.41) is 7.58. The van der Waals surface area contributed by atoms with Crippen molar-refractivity contribution < 1.29 is 4.79 Å². The summed E-state index contributed by atoms with van der Waals surface area (Å²) in [5.41, 5.74) is 4.36. The molecule has 2 aromatic rings. The van der Waals surface area contributed by atoms with Crippen molar-refractivity contribution in [3.05, 3.63) is 47.3 Å². The second-order valence-corrected chi connectivity index (χ2v) is 6.15. The van der Waals surface area contributed by atoms with Crippen LogP contribution in [0.15, 0.2) is 30.6 Å². The fourth-order valence-corrected chi connectivity index (χ4v) is 3.57. The van der Waals surface area contributed by atoms with Crippen molar-refractivity contribution in [3.63, 3.8) is 0 Å². The Bertz CT molecular complexity index is 721. The number of nitrogens with zero attached hydrogens (tertiary/aromatic N) is 3. The van der Waals surface area contributed by atoms with Crippen molar-refractivity contribution in [2.24, 2.45) is 7.05 Å². The third-order valence-corrected chi connectivity index (χ3v) is 4.69. The van der Waals surface area contributed by atoms with Gasteiger partial charge < -0.3 is 10.2 Å². The molecular weight excluding hydrogens is 276 g/mol. The quantitative estimate of drug-likeness (QED) is 0.925. The van der Waals surface area contributed by atoms with Gasteiger partial charge in [0.15, 0.2) is 0 Å². The molecule has 5 nitrogen and oxygen atoms in total. The second kappa shape index (κ2) is 5.16. The fraction of sp³-hybridized carbons (Fsp3) is 0.412. The van der Waals surface area contributed by atoms with Gasteiger partial charge >= 0.3 is 0 Å². The van der Waals surface area contributed by atoms with E-state index < -0.39 is 0 Å². The molecule has 2 aliphatic rings. The maximum absolute atomic E-state index is 12.9. The lowest BCUT2D eigenvalue weighted by Gasteiger charge is -2.24. The molecule has 1 aromatic heterocycles. The Morgan fingerprint density at radius 3 is 3.14 bits per heavy atom. The molecule has 1 atom stereocenters. The van der Waals surface area contributed by atoms with Gasteiger partial charge in [0.2, 0.25) is 0 Å². The number of nitrogens with one attached hydrogen (secondary N) is 1. The maximum Gasteiger partial charge on any atom is 0.254 e. The predicted molar refractivity (Wildman–Crippen MR) is 84.9 cm³/mol. The van der Waals surface area contributed by atoms with Crippen molar-refractivity contribution in [2.75, 3.05) is 18.4 Å². The Labute approximate surface area is 129 Å². The highest BCUT2D eigenvalue weighted by atomic mass is 16.2. The summed E-state index contributed by atoms with van der Waals surface area (Å²) >= 11 is 0. The van der Waals surface area contributed by atoms with Crippen molar-refractivity contribution in [1.82, 2.24) is 14.7 Å². The molecule has 0 spiro atoms. The number of hydrogen-bond acceptors (Lipinski definition) is 3. The average Bonchev–Trinajstić information content (AvgIpc) is 3.25. The monoisotopic (exact) mass is 296 g/mol. The van der Waals surface area contributed by atoms with Crippen LogP contribution in [-0.4, -0.2) is 33.7 Å². The number of hydrogen-bond donors (Lipinski definition) is 1. The van der Waals surface area contributed by atoms with Crippen LogP contribution in [0, 0.1) is 0 Å². The molecule has 114 valence electrons. The highest BCUT2D eigenvalue weighted by Gasteiger charge is 2.31. The molecule has 0 aliphatic carbocycles. The van der Waals surface area contributed by atoms with Crippen LogP contribution in [0.1, 0.15) is 40.4 Å². The van der Waals surface area contributed by atoms with E-state index in [1.54, 1.807) is 4.68 Å². The molecule has 1 unspecified atom stereocenters. The molecule has 1 aromatic carbocycles. The molecule has 4 rings (SSSR count). The number of aryl methyl sites for hydroxylation is 1. The van der Waals surface area contributed by atoms with Crippen molar-refractivity contribution in [3.8, 4) is 0 Å². The molecule has 1 amide bonds. The van der Waals surface area contributed by atoms with Gasteiger partial charge in [-0.25, -0.2) is 0 Å². The molecule has 3 heterocycles. The Morgan fingerprint density at radius 1 is 1.41 bits per heavy atom. The van der Waals surface area contributed by atoms with Crippen LogP contribution < -0.4 is 5.32 Å². The van der Waals surface area contributed by atoms with Crippen molar-refractivity contribution in [1.29, 1.82) is 0 Å². The SMILES string of the molecule is Cn1cc(C2CCCN2C(=O)c2ccc3c(c2)CCN3)cn1. The molecular formula is C17H20N4O. The van der Waals surface area contributed by atoms with Crippen LogP contribution in [0.2, 0.25) is 0 Å². The number of benzene rings is 1. The van der Waals surface area contributed by atoms with Crippen LogP contribution in [0.5, 0.6) is 0 Å². The van der Waals surface area contributed by atoms with E-state index in [0.29, 0.717) is 0 Å². The minimum absolute atomic E-state index is 0.140. The summed E-state index contributed by atoms with van der Waals surface area (Å²) in [6.45, 7) is 1.79. The zero-order valence-electron chi connectivity index (χ0n) is 12.7. The molecule has 1 N–H and O–H groups in total. The lowest BCUT2D eigenvalue weighted by Crippen LogP contribution is -2.30. The Hall–Kier alpha value is -2.30. The first kappa shape index (κ1) is 13.4. The summed E-state index contributed by atoms with van der Waals surface area (Å²) in [7, 11) is 1.91. The van der Waals surface area contributed by atoms with Gasteiger partial charge in [-0.1, -0.05) is 0 Å². The molecule has 0 bridgehead atoms. The van der Waals surface area contributed by atoms with E-state index in [2.05, 4.69) is 16.5 Å². The largest absolute Gasteiger partial charge is 0.384 e. The minimum atomic E-state index is 0.140. The molecule has 5 heteroatoms. The number of likely N-dealkylation sites (tertiary alicyclic amines) is 1. The van der Waals surface area contributed by atoms with Gasteiger partial charge in [0.25, 0.3) is 5.91 Å². The number of amides is 1. The summed E-state index contributed by atoms with van der Waals surface area (Å²) in [6.07, 6.45) is 6.97. The summed E-state index contributed by atoms with van der Waals surface area (Å²) < 4.78 is 1.80. The smallest absolute Gasteiger partial charge is 0.254 e. The van der Waals surface area contributed by atoms with E-state index in [0.717, 1.165) is 43.5 Å². The number of rotatable bonds is 2. The lowest BCUT2D eigenvalue weighted by molar-refractivity contribution is 0.0735. The van der Waals surface area contributed by atoms with E-state index in [1.165, 1.54) is 11.3 Å². The zero-order chi connectivity index (χ0) is 15.1. The summed E-state index contributed by atoms with van der Waals surface area (Å²) in [6, 6.07) is 6.19. The van der Waals surface area contributed by atoms with E-state index >= 15 is 0 Å². The number of fused-ring (bicyclic) bond motifs is 1. The van der Waals surface area contributed by atoms with Crippen LogP contribution in [0.4, 0.5) is 5.69 Å². The van der Waals surface area contributed by atoms with Gasteiger partial charge in [0.1, 0.15) is 0 Å². The predicted octanol–water partition coefficient (Wildman–Crippen LogP) is 2.37. The normalized spacial score (nSPS) is 20.0. The van der Waals surface area contributed by atoms with Crippen LogP contribution in [0.3, 0.4) is 0 Å². The number of aromatic nitrogens is 2. The van der Waals surface area contributed by atoms with E-state index in [9.17, 15) is 4.79 Å². The lowest BCUT2D eigenvalue weighted by atomic mass is 10.1. The van der Waals surface area contributed by atoms with Crippen LogP contribution >= 0.6 is 0 Å². The van der Waals surface area contributed by atoms with E-state index in [4.69, 9.17) is 0 Å². The van der Waals surface area contributed by atoms with E-state index in [1.807, 2.05) is 36.5 Å². The second-order valence-electron chi connectivity index (χ2n) is 6.15. The first-order valence-corrected chi connectivity index (χ1v) is 7.89. The van der Waals surface area contributed by atoms with Gasteiger partial charge in [-0.2, -0.15) is 5.10 Å². The highest BCUT2D eigenvalue weighted by Crippen LogP contribution is 2.33. The Morgan fingerprint density at radius 2 is 2.32 bits per heavy atom. The van der Waals surface area contributed by atoms with Gasteiger partial charge in [0, 0.05) is 43.1 Å².